The van der Waals surface area contributed by atoms with Gasteiger partial charge in [-0.2, -0.15) is 5.10 Å². The molecule has 6 heteroatoms. The third-order valence-electron chi connectivity index (χ3n) is 3.89. The third kappa shape index (κ3) is 3.66. The van der Waals surface area contributed by atoms with Crippen LogP contribution in [-0.2, 0) is 11.3 Å². The van der Waals surface area contributed by atoms with Gasteiger partial charge in [0.2, 0.25) is 0 Å². The molecule has 4 nitrogen and oxygen atoms in total. The number of halogens is 2. The molecule has 2 heterocycles. The molecule has 22 heavy (non-hydrogen) atoms. The molecular weight excluding hydrogens is 305 g/mol. The van der Waals surface area contributed by atoms with Crippen molar-refractivity contribution in [2.45, 2.75) is 25.3 Å². The van der Waals surface area contributed by atoms with E-state index in [1.54, 1.807) is 12.1 Å². The van der Waals surface area contributed by atoms with Crippen LogP contribution in [0.4, 0.5) is 4.39 Å². The van der Waals surface area contributed by atoms with E-state index < -0.39 is 0 Å². The van der Waals surface area contributed by atoms with Crippen LogP contribution in [0.25, 0.3) is 11.1 Å². The number of hydrogen-bond acceptors (Lipinski definition) is 3. The van der Waals surface area contributed by atoms with Gasteiger partial charge in [-0.15, -0.1) is 12.4 Å². The maximum atomic E-state index is 13.5. The molecule has 3 rings (SSSR count). The largest absolute Gasteiger partial charge is 0.381 e. The second kappa shape index (κ2) is 7.72. The number of benzene rings is 1. The summed E-state index contributed by atoms with van der Waals surface area (Å²) in [6, 6.07) is 6.68. The molecule has 1 fully saturated rings. The first-order chi connectivity index (χ1) is 10.3. The first kappa shape index (κ1) is 16.9. The summed E-state index contributed by atoms with van der Waals surface area (Å²) >= 11 is 0. The first-order valence-corrected chi connectivity index (χ1v) is 7.39. The topological polar surface area (TPSA) is 53.1 Å². The Balaban J connectivity index is 0.00000176. The summed E-state index contributed by atoms with van der Waals surface area (Å²) in [4.78, 5) is 0. The highest BCUT2D eigenvalue weighted by Crippen LogP contribution is 2.34. The van der Waals surface area contributed by atoms with E-state index in [9.17, 15) is 4.39 Å². The van der Waals surface area contributed by atoms with Crippen LogP contribution >= 0.6 is 12.4 Å². The van der Waals surface area contributed by atoms with Crippen molar-refractivity contribution in [3.8, 4) is 11.1 Å². The van der Waals surface area contributed by atoms with Gasteiger partial charge in [0.1, 0.15) is 5.82 Å². The minimum absolute atomic E-state index is 0. The zero-order valence-corrected chi connectivity index (χ0v) is 13.2. The van der Waals surface area contributed by atoms with Crippen molar-refractivity contribution in [3.05, 3.63) is 42.0 Å². The van der Waals surface area contributed by atoms with Gasteiger partial charge < -0.3 is 10.5 Å². The molecule has 0 aliphatic carbocycles. The van der Waals surface area contributed by atoms with Crippen LogP contribution < -0.4 is 5.73 Å². The monoisotopic (exact) mass is 325 g/mol. The summed E-state index contributed by atoms with van der Waals surface area (Å²) in [5, 5.41) is 4.69. The van der Waals surface area contributed by atoms with Gasteiger partial charge in [-0.1, -0.05) is 12.1 Å². The average molecular weight is 326 g/mol. The van der Waals surface area contributed by atoms with Gasteiger partial charge in [0.05, 0.1) is 12.2 Å². The highest BCUT2D eigenvalue weighted by molar-refractivity contribution is 5.85. The zero-order chi connectivity index (χ0) is 14.7. The lowest BCUT2D eigenvalue weighted by Crippen LogP contribution is -2.16. The fraction of sp³-hybridized carbons (Fsp3) is 0.438. The van der Waals surface area contributed by atoms with E-state index in [2.05, 4.69) is 5.10 Å². The lowest BCUT2D eigenvalue weighted by molar-refractivity contribution is 0.0844. The molecule has 2 N–H and O–H groups in total. The Morgan fingerprint density at radius 1 is 1.32 bits per heavy atom. The summed E-state index contributed by atoms with van der Waals surface area (Å²) in [6.45, 7) is 2.73. The molecule has 0 unspecified atom stereocenters. The second-order valence-electron chi connectivity index (χ2n) is 5.38. The van der Waals surface area contributed by atoms with Gasteiger partial charge in [-0.3, -0.25) is 4.68 Å². The van der Waals surface area contributed by atoms with Crippen molar-refractivity contribution in [1.82, 2.24) is 9.78 Å². The predicted molar refractivity (Wildman–Crippen MR) is 86.7 cm³/mol. The maximum absolute atomic E-state index is 13.5. The molecule has 1 saturated heterocycles. The molecule has 0 amide bonds. The number of rotatable bonds is 4. The van der Waals surface area contributed by atoms with E-state index in [4.69, 9.17) is 10.5 Å². The van der Waals surface area contributed by atoms with Crippen molar-refractivity contribution < 1.29 is 9.13 Å². The highest BCUT2D eigenvalue weighted by atomic mass is 35.5. The Morgan fingerprint density at radius 2 is 2.09 bits per heavy atom. The molecule has 2 aromatic rings. The van der Waals surface area contributed by atoms with E-state index in [-0.39, 0.29) is 18.2 Å². The number of ether oxygens (including phenoxy) is 1. The van der Waals surface area contributed by atoms with Gasteiger partial charge >= 0.3 is 0 Å². The van der Waals surface area contributed by atoms with Crippen LogP contribution in [0.15, 0.2) is 30.5 Å². The number of nitrogens with two attached hydrogens (primary N) is 1. The van der Waals surface area contributed by atoms with Crippen LogP contribution in [0, 0.1) is 5.82 Å². The van der Waals surface area contributed by atoms with Gasteiger partial charge in [0.15, 0.2) is 0 Å². The van der Waals surface area contributed by atoms with Crippen molar-refractivity contribution in [3.63, 3.8) is 0 Å². The number of nitrogens with zero attached hydrogens (tertiary/aromatic N) is 2. The minimum atomic E-state index is -0.225. The van der Waals surface area contributed by atoms with E-state index in [0.717, 1.165) is 42.9 Å². The summed E-state index contributed by atoms with van der Waals surface area (Å²) in [5.74, 6) is 0.146. The molecule has 1 aromatic heterocycles. The summed E-state index contributed by atoms with van der Waals surface area (Å²) in [7, 11) is 0. The number of hydrogen-bond donors (Lipinski definition) is 1. The Labute approximate surface area is 135 Å². The zero-order valence-electron chi connectivity index (χ0n) is 12.4. The molecule has 0 atom stereocenters. The molecule has 1 aliphatic heterocycles. The Hall–Kier alpha value is -1.43. The second-order valence-corrected chi connectivity index (χ2v) is 5.38. The molecular formula is C16H21ClFN3O. The standard InChI is InChI=1S/C16H20FN3O.ClH/c17-14-3-1-2-13(10-14)15-11-20(7-6-18)19-16(15)12-4-8-21-9-5-12;/h1-3,10-12H,4-9,18H2;1H. The average Bonchev–Trinajstić information content (AvgIpc) is 2.93. The molecule has 0 saturated carbocycles. The van der Waals surface area contributed by atoms with Crippen molar-refractivity contribution in [1.29, 1.82) is 0 Å². The van der Waals surface area contributed by atoms with Gasteiger partial charge in [-0.05, 0) is 30.5 Å². The predicted octanol–water partition coefficient (Wildman–Crippen LogP) is 2.96. The maximum Gasteiger partial charge on any atom is 0.123 e. The van der Waals surface area contributed by atoms with Crippen LogP contribution in [0.1, 0.15) is 24.5 Å². The van der Waals surface area contributed by atoms with E-state index >= 15 is 0 Å². The third-order valence-corrected chi connectivity index (χ3v) is 3.89. The smallest absolute Gasteiger partial charge is 0.123 e. The molecule has 120 valence electrons. The van der Waals surface area contributed by atoms with Crippen molar-refractivity contribution in [2.24, 2.45) is 5.73 Å². The summed E-state index contributed by atoms with van der Waals surface area (Å²) in [5.41, 5.74) is 8.54. The van der Waals surface area contributed by atoms with Crippen molar-refractivity contribution in [2.75, 3.05) is 19.8 Å². The Bertz CT molecular complexity index is 611. The summed E-state index contributed by atoms with van der Waals surface area (Å²) in [6.07, 6.45) is 3.90. The van der Waals surface area contributed by atoms with E-state index in [1.165, 1.54) is 6.07 Å². The first-order valence-electron chi connectivity index (χ1n) is 7.39. The SMILES string of the molecule is Cl.NCCn1cc(-c2cccc(F)c2)c(C2CCOCC2)n1. The molecule has 0 bridgehead atoms. The quantitative estimate of drug-likeness (QED) is 0.940. The van der Waals surface area contributed by atoms with Crippen LogP contribution in [-0.4, -0.2) is 29.5 Å². The van der Waals surface area contributed by atoms with Crippen LogP contribution in [0.5, 0.6) is 0 Å². The summed E-state index contributed by atoms with van der Waals surface area (Å²) < 4.78 is 20.8. The van der Waals surface area contributed by atoms with Gasteiger partial charge in [0.25, 0.3) is 0 Å². The fourth-order valence-corrected chi connectivity index (χ4v) is 2.83. The molecule has 1 aromatic carbocycles. The molecule has 0 radical (unpaired) electrons. The molecule has 0 spiro atoms. The molecule has 1 aliphatic rings. The highest BCUT2D eigenvalue weighted by Gasteiger charge is 2.23. The normalized spacial score (nSPS) is 15.5. The van der Waals surface area contributed by atoms with Gasteiger partial charge in [-0.25, -0.2) is 4.39 Å². The Kier molecular flexibility index (Phi) is 5.94. The number of aromatic nitrogens is 2. The fourth-order valence-electron chi connectivity index (χ4n) is 2.83. The minimum Gasteiger partial charge on any atom is -0.381 e. The van der Waals surface area contributed by atoms with Crippen LogP contribution in [0.2, 0.25) is 0 Å². The van der Waals surface area contributed by atoms with E-state index in [1.807, 2.05) is 16.9 Å². The van der Waals surface area contributed by atoms with Gasteiger partial charge in [0, 0.05) is 37.4 Å². The van der Waals surface area contributed by atoms with E-state index in [0.29, 0.717) is 19.0 Å². The Morgan fingerprint density at radius 3 is 2.77 bits per heavy atom. The van der Waals surface area contributed by atoms with Crippen molar-refractivity contribution >= 4 is 12.4 Å². The lowest BCUT2D eigenvalue weighted by atomic mass is 9.91. The van der Waals surface area contributed by atoms with Crippen LogP contribution in [0.3, 0.4) is 0 Å². The lowest BCUT2D eigenvalue weighted by Gasteiger charge is -2.21.